The first-order valence-electron chi connectivity index (χ1n) is 6.47. The lowest BCUT2D eigenvalue weighted by atomic mass is 10.1. The van der Waals surface area contributed by atoms with Gasteiger partial charge in [-0.25, -0.2) is 4.79 Å². The highest BCUT2D eigenvalue weighted by Crippen LogP contribution is 2.27. The summed E-state index contributed by atoms with van der Waals surface area (Å²) >= 11 is 0. The Hall–Kier alpha value is -2.56. The molecule has 0 bridgehead atoms. The summed E-state index contributed by atoms with van der Waals surface area (Å²) in [6, 6.07) is 6.50. The van der Waals surface area contributed by atoms with E-state index in [-0.39, 0.29) is 32.0 Å². The zero-order valence-corrected chi connectivity index (χ0v) is 12.1. The van der Waals surface area contributed by atoms with E-state index >= 15 is 0 Å². The Labute approximate surface area is 128 Å². The van der Waals surface area contributed by atoms with Gasteiger partial charge in [0.15, 0.2) is 0 Å². The number of benzene rings is 1. The van der Waals surface area contributed by atoms with Crippen molar-refractivity contribution in [2.75, 3.05) is 33.5 Å². The van der Waals surface area contributed by atoms with Crippen LogP contribution in [-0.2, 0) is 9.53 Å². The molecule has 0 spiro atoms. The summed E-state index contributed by atoms with van der Waals surface area (Å²) in [6.07, 6.45) is 1.33. The Morgan fingerprint density at radius 1 is 1.27 bits per heavy atom. The molecule has 0 heterocycles. The molecule has 0 radical (unpaired) electrons. The van der Waals surface area contributed by atoms with E-state index in [2.05, 4.69) is 4.74 Å². The number of hydrogen-bond donors (Lipinski definition) is 2. The molecule has 7 nitrogen and oxygen atoms in total. The standard InChI is InChI=1S/C15H17NO6/c1-20-15(19)12(10-16)8-11-2-3-13(21-6-4-17)9-14(11)22-7-5-18/h2-3,8-9,17-18H,4-7H2,1H3. The number of methoxy groups -OCH3 is 1. The molecule has 2 N–H and O–H groups in total. The normalized spacial score (nSPS) is 10.7. The smallest absolute Gasteiger partial charge is 0.348 e. The molecule has 1 aromatic rings. The van der Waals surface area contributed by atoms with E-state index in [1.54, 1.807) is 24.3 Å². The Morgan fingerprint density at radius 2 is 1.95 bits per heavy atom. The number of ether oxygens (including phenoxy) is 3. The number of rotatable bonds is 8. The minimum Gasteiger partial charge on any atom is -0.491 e. The minimum atomic E-state index is -0.754. The number of carbonyl (C=O) groups is 1. The van der Waals surface area contributed by atoms with Gasteiger partial charge >= 0.3 is 5.97 Å². The van der Waals surface area contributed by atoms with Crippen LogP contribution in [0.25, 0.3) is 6.08 Å². The van der Waals surface area contributed by atoms with Gasteiger partial charge in [-0.2, -0.15) is 5.26 Å². The third-order valence-corrected chi connectivity index (χ3v) is 2.52. The molecule has 0 amide bonds. The summed E-state index contributed by atoms with van der Waals surface area (Å²) in [4.78, 5) is 11.4. The fraction of sp³-hybridized carbons (Fsp3) is 0.333. The highest BCUT2D eigenvalue weighted by Gasteiger charge is 2.12. The van der Waals surface area contributed by atoms with Gasteiger partial charge in [0.1, 0.15) is 36.4 Å². The lowest BCUT2D eigenvalue weighted by Gasteiger charge is -2.11. The first kappa shape index (κ1) is 17.5. The molecule has 0 saturated heterocycles. The number of aliphatic hydroxyl groups excluding tert-OH is 2. The van der Waals surface area contributed by atoms with Crippen molar-refractivity contribution in [1.82, 2.24) is 0 Å². The highest BCUT2D eigenvalue weighted by molar-refractivity contribution is 5.98. The third kappa shape index (κ3) is 5.09. The van der Waals surface area contributed by atoms with Crippen molar-refractivity contribution in [3.05, 3.63) is 29.3 Å². The van der Waals surface area contributed by atoms with Crippen LogP contribution in [0.2, 0.25) is 0 Å². The molecular weight excluding hydrogens is 290 g/mol. The maximum atomic E-state index is 11.4. The molecule has 0 aliphatic rings. The highest BCUT2D eigenvalue weighted by atomic mass is 16.5. The maximum Gasteiger partial charge on any atom is 0.348 e. The number of aliphatic hydroxyl groups is 2. The number of nitriles is 1. The lowest BCUT2D eigenvalue weighted by Crippen LogP contribution is -2.06. The molecule has 0 aliphatic heterocycles. The molecule has 7 heteroatoms. The van der Waals surface area contributed by atoms with Crippen molar-refractivity contribution < 1.29 is 29.2 Å². The molecule has 22 heavy (non-hydrogen) atoms. The van der Waals surface area contributed by atoms with Crippen molar-refractivity contribution in [1.29, 1.82) is 5.26 Å². The predicted octanol–water partition coefficient (Wildman–Crippen LogP) is 0.509. The Kier molecular flexibility index (Phi) is 7.47. The maximum absolute atomic E-state index is 11.4. The van der Waals surface area contributed by atoms with Crippen molar-refractivity contribution >= 4 is 12.0 Å². The van der Waals surface area contributed by atoms with Gasteiger partial charge in [-0.15, -0.1) is 0 Å². The van der Waals surface area contributed by atoms with Crippen molar-refractivity contribution in [2.24, 2.45) is 0 Å². The second-order valence-electron chi connectivity index (χ2n) is 4.01. The van der Waals surface area contributed by atoms with Gasteiger partial charge < -0.3 is 24.4 Å². The van der Waals surface area contributed by atoms with Crippen LogP contribution >= 0.6 is 0 Å². The van der Waals surface area contributed by atoms with E-state index in [4.69, 9.17) is 24.9 Å². The van der Waals surface area contributed by atoms with Crippen LogP contribution in [0.3, 0.4) is 0 Å². The van der Waals surface area contributed by atoms with Crippen LogP contribution < -0.4 is 9.47 Å². The largest absolute Gasteiger partial charge is 0.491 e. The molecule has 0 fully saturated rings. The van der Waals surface area contributed by atoms with Gasteiger partial charge in [-0.05, 0) is 18.2 Å². The zero-order chi connectivity index (χ0) is 16.4. The Bertz CT molecular complexity index is 576. The van der Waals surface area contributed by atoms with E-state index in [9.17, 15) is 4.79 Å². The van der Waals surface area contributed by atoms with Crippen molar-refractivity contribution in [3.8, 4) is 17.6 Å². The number of hydrogen-bond acceptors (Lipinski definition) is 7. The average Bonchev–Trinajstić information content (AvgIpc) is 2.56. The summed E-state index contributed by atoms with van der Waals surface area (Å²) in [5.74, 6) is 0.0353. The molecule has 118 valence electrons. The van der Waals surface area contributed by atoms with Crippen LogP contribution in [-0.4, -0.2) is 49.7 Å². The summed E-state index contributed by atoms with van der Waals surface area (Å²) < 4.78 is 15.1. The summed E-state index contributed by atoms with van der Waals surface area (Å²) in [7, 11) is 1.18. The minimum absolute atomic E-state index is 0.0460. The fourth-order valence-corrected chi connectivity index (χ4v) is 1.57. The number of nitrogens with zero attached hydrogens (tertiary/aromatic N) is 1. The second kappa shape index (κ2) is 9.39. The van der Waals surface area contributed by atoms with Gasteiger partial charge in [0, 0.05) is 11.6 Å². The van der Waals surface area contributed by atoms with E-state index in [1.165, 1.54) is 13.2 Å². The Balaban J connectivity index is 3.13. The molecule has 0 aliphatic carbocycles. The number of esters is 1. The van der Waals surface area contributed by atoms with Crippen LogP contribution in [0.1, 0.15) is 5.56 Å². The van der Waals surface area contributed by atoms with E-state index in [1.807, 2.05) is 0 Å². The van der Waals surface area contributed by atoms with Gasteiger partial charge in [0.05, 0.1) is 20.3 Å². The fourth-order valence-electron chi connectivity index (χ4n) is 1.57. The summed E-state index contributed by atoms with van der Waals surface area (Å²) in [5.41, 5.74) is 0.284. The quantitative estimate of drug-likeness (QED) is 0.409. The lowest BCUT2D eigenvalue weighted by molar-refractivity contribution is -0.135. The van der Waals surface area contributed by atoms with Crippen LogP contribution in [0.15, 0.2) is 23.8 Å². The topological polar surface area (TPSA) is 109 Å². The van der Waals surface area contributed by atoms with E-state index in [0.717, 1.165) is 0 Å². The molecular formula is C15H17NO6. The van der Waals surface area contributed by atoms with E-state index < -0.39 is 5.97 Å². The van der Waals surface area contributed by atoms with Crippen molar-refractivity contribution in [3.63, 3.8) is 0 Å². The monoisotopic (exact) mass is 307 g/mol. The molecule has 0 aromatic heterocycles. The predicted molar refractivity (Wildman–Crippen MR) is 77.2 cm³/mol. The zero-order valence-electron chi connectivity index (χ0n) is 12.1. The average molecular weight is 307 g/mol. The Morgan fingerprint density at radius 3 is 2.55 bits per heavy atom. The molecule has 0 atom stereocenters. The van der Waals surface area contributed by atoms with Gasteiger partial charge in [0.25, 0.3) is 0 Å². The van der Waals surface area contributed by atoms with E-state index in [0.29, 0.717) is 17.1 Å². The molecule has 0 unspecified atom stereocenters. The van der Waals surface area contributed by atoms with Gasteiger partial charge in [0.2, 0.25) is 0 Å². The number of carbonyl (C=O) groups excluding carboxylic acids is 1. The second-order valence-corrected chi connectivity index (χ2v) is 4.01. The first-order chi connectivity index (χ1) is 10.7. The summed E-state index contributed by atoms with van der Waals surface area (Å²) in [6.45, 7) is -0.146. The van der Waals surface area contributed by atoms with Crippen LogP contribution in [0.5, 0.6) is 11.5 Å². The first-order valence-corrected chi connectivity index (χ1v) is 6.47. The molecule has 0 saturated carbocycles. The van der Waals surface area contributed by atoms with Crippen LogP contribution in [0.4, 0.5) is 0 Å². The van der Waals surface area contributed by atoms with Gasteiger partial charge in [-0.1, -0.05) is 0 Å². The van der Waals surface area contributed by atoms with Gasteiger partial charge in [-0.3, -0.25) is 0 Å². The summed E-state index contributed by atoms with van der Waals surface area (Å²) in [5, 5.41) is 26.6. The molecule has 1 rings (SSSR count). The molecule has 1 aromatic carbocycles. The third-order valence-electron chi connectivity index (χ3n) is 2.52. The SMILES string of the molecule is COC(=O)C(C#N)=Cc1ccc(OCCO)cc1OCCO. The van der Waals surface area contributed by atoms with Crippen molar-refractivity contribution in [2.45, 2.75) is 0 Å². The van der Waals surface area contributed by atoms with Crippen LogP contribution in [0, 0.1) is 11.3 Å².